The Morgan fingerprint density at radius 1 is 1.27 bits per heavy atom. The maximum Gasteiger partial charge on any atom is 0.352 e. The minimum Gasteiger partial charge on any atom is -0.477 e. The van der Waals surface area contributed by atoms with Gasteiger partial charge in [0.05, 0.1) is 0 Å². The Kier molecular flexibility index (Phi) is 14.9. The molecule has 1 fully saturated rings. The summed E-state index contributed by atoms with van der Waals surface area (Å²) in [6, 6.07) is -0.943. The average molecular weight is 695 g/mol. The van der Waals surface area contributed by atoms with Crippen molar-refractivity contribution in [2.75, 3.05) is 30.4 Å². The molecule has 0 aliphatic carbocycles. The van der Waals surface area contributed by atoms with Gasteiger partial charge in [-0.15, -0.1) is 70.5 Å². The van der Waals surface area contributed by atoms with Crippen LogP contribution in [0, 0.1) is 0 Å². The smallest absolute Gasteiger partial charge is 0.352 e. The van der Waals surface area contributed by atoms with Crippen LogP contribution in [-0.2, 0) is 25.8 Å². The van der Waals surface area contributed by atoms with E-state index < -0.39 is 29.2 Å². The molecule has 4 rings (SSSR count). The number of hydrogen-bond donors (Lipinski definition) is 5. The second-order valence-corrected chi connectivity index (χ2v) is 11.8. The predicted octanol–water partition coefficient (Wildman–Crippen LogP) is 0.901. The number of thioether (sulfide) groups is 2. The molecule has 4 heterocycles. The van der Waals surface area contributed by atoms with E-state index in [2.05, 4.69) is 25.7 Å². The number of rotatable bonds is 12. The van der Waals surface area contributed by atoms with Crippen molar-refractivity contribution < 1.29 is 24.3 Å². The van der Waals surface area contributed by atoms with Crippen LogP contribution in [0.15, 0.2) is 26.1 Å². The number of aliphatic carboxylic acids is 1. The van der Waals surface area contributed by atoms with E-state index >= 15 is 0 Å². The third kappa shape index (κ3) is 8.10. The number of halogens is 3. The molecule has 21 heteroatoms. The van der Waals surface area contributed by atoms with Gasteiger partial charge >= 0.3 is 5.97 Å². The zero-order valence-electron chi connectivity index (χ0n) is 20.4. The molecular formula is C19H26Cl3N9O5S4. The van der Waals surface area contributed by atoms with Gasteiger partial charge < -0.3 is 32.5 Å². The van der Waals surface area contributed by atoms with Gasteiger partial charge in [0.15, 0.2) is 15.2 Å². The number of nitrogen functional groups attached to an aromatic ring is 1. The van der Waals surface area contributed by atoms with Gasteiger partial charge in [0.1, 0.15) is 34.4 Å². The first-order chi connectivity index (χ1) is 17.8. The number of nitrogens with one attached hydrogen (secondary N) is 1. The minimum atomic E-state index is -1.22. The largest absolute Gasteiger partial charge is 0.477 e. The van der Waals surface area contributed by atoms with Crippen molar-refractivity contribution in [1.29, 1.82) is 0 Å². The number of thiazole rings is 1. The Bertz CT molecular complexity index is 1260. The molecule has 2 aromatic rings. The van der Waals surface area contributed by atoms with Crippen molar-refractivity contribution in [3.8, 4) is 0 Å². The molecule has 222 valence electrons. The number of carbonyl (C=O) groups is 3. The predicted molar refractivity (Wildman–Crippen MR) is 163 cm³/mol. The van der Waals surface area contributed by atoms with E-state index in [0.29, 0.717) is 39.4 Å². The number of amides is 2. The van der Waals surface area contributed by atoms with Crippen LogP contribution < -0.4 is 22.5 Å². The number of anilines is 1. The second-order valence-electron chi connectivity index (χ2n) is 7.56. The van der Waals surface area contributed by atoms with Crippen molar-refractivity contribution in [1.82, 2.24) is 25.4 Å². The highest BCUT2D eigenvalue weighted by Crippen LogP contribution is 2.41. The first-order valence-corrected chi connectivity index (χ1v) is 14.5. The molecule has 14 nitrogen and oxygen atoms in total. The third-order valence-corrected chi connectivity index (χ3v) is 9.28. The van der Waals surface area contributed by atoms with E-state index in [-0.39, 0.29) is 72.6 Å². The lowest BCUT2D eigenvalue weighted by Gasteiger charge is -2.49. The highest BCUT2D eigenvalue weighted by molar-refractivity contribution is 8.01. The highest BCUT2D eigenvalue weighted by atomic mass is 35.5. The Morgan fingerprint density at radius 2 is 2.02 bits per heavy atom. The number of oxime groups is 1. The van der Waals surface area contributed by atoms with Gasteiger partial charge in [-0.25, -0.2) is 9.78 Å². The summed E-state index contributed by atoms with van der Waals surface area (Å²) >= 11 is 5.15. The number of β-lactam (4-membered cyclic amide) rings is 1. The van der Waals surface area contributed by atoms with Gasteiger partial charge in [0.2, 0.25) is 0 Å². The molecule has 0 saturated carbocycles. The number of carboxylic acid groups (broad SMARTS) is 1. The Hall–Kier alpha value is -1.90. The topological polar surface area (TPSA) is 225 Å². The van der Waals surface area contributed by atoms with Gasteiger partial charge in [-0.2, -0.15) is 0 Å². The Labute approximate surface area is 263 Å². The summed E-state index contributed by atoms with van der Waals surface area (Å²) in [5.74, 6) is -1.75. The number of fused-ring (bicyclic) bond motifs is 1. The second kappa shape index (κ2) is 16.5. The quantitative estimate of drug-likeness (QED) is 0.0685. The van der Waals surface area contributed by atoms with Crippen LogP contribution in [0.5, 0.6) is 0 Å². The first kappa shape index (κ1) is 36.1. The number of carboxylic acids is 1. The van der Waals surface area contributed by atoms with Crippen molar-refractivity contribution >= 4 is 112 Å². The van der Waals surface area contributed by atoms with E-state index in [9.17, 15) is 19.5 Å². The highest BCUT2D eigenvalue weighted by Gasteiger charge is 2.54. The molecule has 0 bridgehead atoms. The maximum absolute atomic E-state index is 13.1. The molecule has 0 radical (unpaired) electrons. The van der Waals surface area contributed by atoms with Crippen LogP contribution in [0.1, 0.15) is 17.1 Å². The third-order valence-electron chi connectivity index (χ3n) is 5.10. The molecule has 8 N–H and O–H groups in total. The van der Waals surface area contributed by atoms with E-state index in [1.54, 1.807) is 5.38 Å². The van der Waals surface area contributed by atoms with Gasteiger partial charge in [0.25, 0.3) is 11.8 Å². The summed E-state index contributed by atoms with van der Waals surface area (Å²) in [4.78, 5) is 48.6. The van der Waals surface area contributed by atoms with Crippen LogP contribution in [0.2, 0.25) is 0 Å². The summed E-state index contributed by atoms with van der Waals surface area (Å²) in [6.45, 7) is 0.859. The van der Waals surface area contributed by atoms with Crippen molar-refractivity contribution in [3.05, 3.63) is 27.4 Å². The monoisotopic (exact) mass is 693 g/mol. The fraction of sp³-hybridized carbons (Fsp3) is 0.421. The normalized spacial score (nSPS) is 18.0. The number of nitrogens with zero attached hydrogens (tertiary/aromatic N) is 5. The van der Waals surface area contributed by atoms with Gasteiger partial charge in [-0.3, -0.25) is 14.5 Å². The summed E-state index contributed by atoms with van der Waals surface area (Å²) in [7, 11) is 0. The summed E-state index contributed by atoms with van der Waals surface area (Å²) < 4.78 is 0.660. The van der Waals surface area contributed by atoms with E-state index in [1.165, 1.54) is 39.8 Å². The molecule has 1 saturated heterocycles. The van der Waals surface area contributed by atoms with Crippen molar-refractivity contribution in [2.45, 2.75) is 28.7 Å². The lowest BCUT2D eigenvalue weighted by Crippen LogP contribution is -2.71. The van der Waals surface area contributed by atoms with Crippen LogP contribution in [0.3, 0.4) is 0 Å². The molecule has 2 amide bonds. The van der Waals surface area contributed by atoms with Crippen molar-refractivity contribution in [3.63, 3.8) is 0 Å². The van der Waals surface area contributed by atoms with E-state index in [4.69, 9.17) is 22.0 Å². The first-order valence-electron chi connectivity index (χ1n) is 10.8. The van der Waals surface area contributed by atoms with Crippen molar-refractivity contribution in [2.24, 2.45) is 16.6 Å². The number of nitrogens with two attached hydrogens (primary N) is 3. The molecular weight excluding hydrogens is 669 g/mol. The Balaban J connectivity index is 0.00000267. The lowest BCUT2D eigenvalue weighted by molar-refractivity contribution is -0.150. The molecule has 40 heavy (non-hydrogen) atoms. The molecule has 0 aromatic carbocycles. The van der Waals surface area contributed by atoms with E-state index in [1.807, 2.05) is 0 Å². The van der Waals surface area contributed by atoms with Gasteiger partial charge in [0, 0.05) is 23.4 Å². The standard InChI is InChI=1S/C19H23N9O5S4.3ClH/c20-2-1-3-33-27-11(9-7-35-18(22)23-9)14(29)24-12-15(30)28-13(17(31)32)8(5-34-16(12)28)6-36-19-26-25-10(4-21)37-19;;;/h7,12,16H,1-6,20-21H2,(H2,22,23)(H,24,29)(H,31,32);3*1H/b27-11+;;;. The fourth-order valence-corrected chi connectivity index (χ4v) is 7.20. The SMILES string of the molecule is Cl.Cl.Cl.NCCCO/N=C(/C(=O)NC1C(=O)N2C(C(=O)O)=C(CSc3nnc(CN)s3)CSC12)c1csc(N)n1. The summed E-state index contributed by atoms with van der Waals surface area (Å²) in [5, 5.41) is 26.3. The van der Waals surface area contributed by atoms with Crippen LogP contribution in [-0.4, -0.2) is 84.8 Å². The molecule has 2 aromatic heterocycles. The number of carbonyl (C=O) groups excluding carboxylic acids is 2. The van der Waals surface area contributed by atoms with Crippen LogP contribution >= 0.6 is 83.4 Å². The summed E-state index contributed by atoms with van der Waals surface area (Å²) in [6.07, 6.45) is 0.532. The zero-order valence-corrected chi connectivity index (χ0v) is 26.1. The number of hydrogen-bond acceptors (Lipinski definition) is 15. The van der Waals surface area contributed by atoms with Gasteiger partial charge in [-0.1, -0.05) is 28.3 Å². The van der Waals surface area contributed by atoms with Crippen LogP contribution in [0.25, 0.3) is 0 Å². The fourth-order valence-electron chi connectivity index (χ4n) is 3.39. The molecule has 0 spiro atoms. The van der Waals surface area contributed by atoms with E-state index in [0.717, 1.165) is 11.3 Å². The average Bonchev–Trinajstić information content (AvgIpc) is 3.53. The zero-order chi connectivity index (χ0) is 26.5. The van der Waals surface area contributed by atoms with Gasteiger partial charge in [-0.05, 0) is 18.5 Å². The molecule has 2 aliphatic rings. The maximum atomic E-state index is 13.1. The van der Waals surface area contributed by atoms with Crippen LogP contribution in [0.4, 0.5) is 5.13 Å². The number of aromatic nitrogens is 3. The molecule has 2 atom stereocenters. The summed E-state index contributed by atoms with van der Waals surface area (Å²) in [5.41, 5.74) is 17.3. The minimum absolute atomic E-state index is 0. The Morgan fingerprint density at radius 3 is 2.62 bits per heavy atom. The molecule has 2 unspecified atom stereocenters. The lowest BCUT2D eigenvalue weighted by atomic mass is 10.0. The molecule has 2 aliphatic heterocycles.